The van der Waals surface area contributed by atoms with Crippen LogP contribution in [0.15, 0.2) is 78.3 Å². The lowest BCUT2D eigenvalue weighted by molar-refractivity contribution is -0.141. The van der Waals surface area contributed by atoms with Crippen molar-refractivity contribution in [3.63, 3.8) is 0 Å². The third-order valence-electron chi connectivity index (χ3n) is 11.9. The number of carboxylic acid groups (broad SMARTS) is 1. The maximum atomic E-state index is 14.5. The van der Waals surface area contributed by atoms with E-state index in [4.69, 9.17) is 28.7 Å². The molecular formula is C49H70N16O10. The molecule has 0 aliphatic rings. The van der Waals surface area contributed by atoms with Gasteiger partial charge in [0.2, 0.25) is 47.3 Å². The maximum absolute atomic E-state index is 14.5. The third-order valence-corrected chi connectivity index (χ3v) is 11.9. The van der Waals surface area contributed by atoms with Crippen molar-refractivity contribution >= 4 is 70.1 Å². The summed E-state index contributed by atoms with van der Waals surface area (Å²) >= 11 is 0. The molecule has 0 aliphatic heterocycles. The van der Waals surface area contributed by atoms with Crippen LogP contribution in [0.25, 0.3) is 10.9 Å². The number of aromatic amines is 2. The van der Waals surface area contributed by atoms with E-state index in [2.05, 4.69) is 57.2 Å². The molecular weight excluding hydrogens is 973 g/mol. The highest BCUT2D eigenvalue weighted by Crippen LogP contribution is 2.20. The van der Waals surface area contributed by atoms with E-state index in [1.165, 1.54) is 12.5 Å². The van der Waals surface area contributed by atoms with Gasteiger partial charge in [0.1, 0.15) is 36.3 Å². The van der Waals surface area contributed by atoms with Gasteiger partial charge < -0.3 is 81.0 Å². The van der Waals surface area contributed by atoms with Crippen molar-refractivity contribution in [1.29, 1.82) is 0 Å². The number of fused-ring (bicyclic) bond motifs is 1. The number of carbonyl (C=O) groups is 9. The molecule has 4 aromatic rings. The number of primary amides is 1. The fourth-order valence-corrected chi connectivity index (χ4v) is 7.88. The first kappa shape index (κ1) is 59.2. The Hall–Kier alpha value is -8.39. The molecule has 0 saturated carbocycles. The van der Waals surface area contributed by atoms with Gasteiger partial charge in [0.25, 0.3) is 0 Å². The SMILES string of the molecule is CC(C)[C@H](NC(=O)[C@@H](CC(=O)O)NC(=O)[C@H](CCCCN)NC(=O)CNC(=O)[C@H](Cc1c[nH]c2ccccc12)NC(=O)[C@H](CCCN=C(N)N)NC(=O)[C@H](Cc1ccccc1)NC(=O)[C@@H](N)Cc1cnc[nH]1)C(N)=O. The smallest absolute Gasteiger partial charge is 0.305 e. The topological polar surface area (TPSA) is 445 Å². The fraction of sp³-hybridized carbons (Fsp3) is 0.449. The predicted octanol–water partition coefficient (Wildman–Crippen LogP) is -2.93. The van der Waals surface area contributed by atoms with Crippen LogP contribution in [0.1, 0.15) is 69.2 Å². The van der Waals surface area contributed by atoms with Gasteiger partial charge in [0, 0.05) is 54.8 Å². The summed E-state index contributed by atoms with van der Waals surface area (Å²) in [6, 6.07) is 6.79. The average Bonchev–Trinajstić information content (AvgIpc) is 4.04. The number of para-hydroxylation sites is 1. The summed E-state index contributed by atoms with van der Waals surface area (Å²) in [5, 5.41) is 28.2. The highest BCUT2D eigenvalue weighted by atomic mass is 16.4. The molecule has 26 heteroatoms. The van der Waals surface area contributed by atoms with E-state index in [0.717, 1.165) is 10.9 Å². The van der Waals surface area contributed by atoms with E-state index in [1.54, 1.807) is 68.6 Å². The Morgan fingerprint density at radius 1 is 0.667 bits per heavy atom. The van der Waals surface area contributed by atoms with Crippen molar-refractivity contribution in [3.8, 4) is 0 Å². The van der Waals surface area contributed by atoms with Crippen molar-refractivity contribution in [3.05, 3.63) is 90.1 Å². The lowest BCUT2D eigenvalue weighted by atomic mass is 10.0. The molecule has 0 bridgehead atoms. The summed E-state index contributed by atoms with van der Waals surface area (Å²) in [5.41, 5.74) is 31.0. The van der Waals surface area contributed by atoms with E-state index in [-0.39, 0.29) is 57.6 Å². The molecule has 2 aromatic heterocycles. The van der Waals surface area contributed by atoms with Gasteiger partial charge in [-0.05, 0) is 61.8 Å². The molecule has 0 spiro atoms. The number of hydrogen-bond acceptors (Lipinski definition) is 13. The lowest BCUT2D eigenvalue weighted by Gasteiger charge is -2.26. The number of guanidine groups is 1. The molecule has 0 radical (unpaired) electrons. The molecule has 0 unspecified atom stereocenters. The van der Waals surface area contributed by atoms with Crippen LogP contribution >= 0.6 is 0 Å². The van der Waals surface area contributed by atoms with Gasteiger partial charge in [0.15, 0.2) is 5.96 Å². The number of imidazole rings is 1. The molecule has 2 heterocycles. The first-order chi connectivity index (χ1) is 35.8. The largest absolute Gasteiger partial charge is 0.481 e. The molecule has 0 saturated heterocycles. The summed E-state index contributed by atoms with van der Waals surface area (Å²) in [6.07, 6.45) is 4.57. The Balaban J connectivity index is 1.58. The second-order valence-corrected chi connectivity index (χ2v) is 18.2. The first-order valence-electron chi connectivity index (χ1n) is 24.4. The van der Waals surface area contributed by atoms with Crippen LogP contribution in [0.5, 0.6) is 0 Å². The molecule has 0 fully saturated rings. The minimum atomic E-state index is -1.68. The van der Waals surface area contributed by atoms with Crippen molar-refractivity contribution < 1.29 is 48.3 Å². The normalized spacial score (nSPS) is 13.9. The highest BCUT2D eigenvalue weighted by Gasteiger charge is 2.34. The van der Waals surface area contributed by atoms with Crippen LogP contribution in [0.4, 0.5) is 0 Å². The maximum Gasteiger partial charge on any atom is 0.305 e. The fourth-order valence-electron chi connectivity index (χ4n) is 7.88. The number of nitrogens with zero attached hydrogens (tertiary/aromatic N) is 2. The number of aliphatic carboxylic acids is 1. The van der Waals surface area contributed by atoms with E-state index >= 15 is 0 Å². The summed E-state index contributed by atoms with van der Waals surface area (Å²) < 4.78 is 0. The number of carbonyl (C=O) groups excluding carboxylic acids is 8. The molecule has 4 rings (SSSR count). The molecule has 26 nitrogen and oxygen atoms in total. The summed E-state index contributed by atoms with van der Waals surface area (Å²) in [7, 11) is 0. The summed E-state index contributed by atoms with van der Waals surface area (Å²) in [4.78, 5) is 135. The van der Waals surface area contributed by atoms with Crippen LogP contribution in [-0.4, -0.2) is 141 Å². The van der Waals surface area contributed by atoms with Gasteiger partial charge >= 0.3 is 5.97 Å². The summed E-state index contributed by atoms with van der Waals surface area (Å²) in [6.45, 7) is 2.79. The number of aliphatic imine (C=N–C) groups is 1. The molecule has 75 heavy (non-hydrogen) atoms. The number of unbranched alkanes of at least 4 members (excludes halogenated alkanes) is 1. The lowest BCUT2D eigenvalue weighted by Crippen LogP contribution is -2.59. The molecule has 7 atom stereocenters. The minimum absolute atomic E-state index is 0.00858. The Morgan fingerprint density at radius 3 is 1.91 bits per heavy atom. The quantitative estimate of drug-likeness (QED) is 0.0132. The van der Waals surface area contributed by atoms with Crippen molar-refractivity contribution in [2.45, 2.75) is 114 Å². The van der Waals surface area contributed by atoms with Crippen LogP contribution < -0.4 is 65.9 Å². The van der Waals surface area contributed by atoms with Gasteiger partial charge in [0.05, 0.1) is 25.3 Å². The van der Waals surface area contributed by atoms with Gasteiger partial charge in [-0.15, -0.1) is 0 Å². The molecule has 2 aromatic carbocycles. The second kappa shape index (κ2) is 30.0. The number of carboxylic acids is 1. The van der Waals surface area contributed by atoms with Crippen LogP contribution in [0.3, 0.4) is 0 Å². The third kappa shape index (κ3) is 19.9. The minimum Gasteiger partial charge on any atom is -0.481 e. The standard InChI is InChI=1S/C49H70N16O10/c1-27(2)41(42(52)69)65-48(75)38(22-40(67)68)64-45(72)34(15-8-9-17-50)60-39(66)25-58-44(71)37(20-29-23-57-33-14-7-6-13-31(29)33)63-46(73)35(16-10-18-56-49(53)54)61-47(74)36(19-28-11-4-3-5-12-28)62-43(70)32(51)21-30-24-55-26-59-30/h3-7,11-14,23-24,26-27,32,34-38,41,57H,8-10,15-22,25,50-51H2,1-2H3,(H2,52,69)(H,55,59)(H,58,71)(H,60,66)(H,61,74)(H,62,70)(H,63,73)(H,64,72)(H,65,75)(H,67,68)(H4,53,54,56)/t32-,34-,35-,36-,37-,38+,41-/m0/s1. The number of aromatic nitrogens is 3. The average molecular weight is 1040 g/mol. The number of rotatable bonds is 32. The Morgan fingerprint density at radius 2 is 1.27 bits per heavy atom. The molecule has 20 N–H and O–H groups in total. The first-order valence-corrected chi connectivity index (χ1v) is 24.4. The van der Waals surface area contributed by atoms with Crippen LogP contribution in [0, 0.1) is 5.92 Å². The zero-order valence-corrected chi connectivity index (χ0v) is 41.9. The number of H-pyrrole nitrogens is 2. The van der Waals surface area contributed by atoms with Gasteiger partial charge in [-0.2, -0.15) is 0 Å². The highest BCUT2D eigenvalue weighted by molar-refractivity contribution is 5.98. The number of amides is 8. The Kier molecular flexibility index (Phi) is 23.6. The number of nitrogens with two attached hydrogens (primary N) is 5. The summed E-state index contributed by atoms with van der Waals surface area (Å²) in [5.74, 6) is -8.87. The van der Waals surface area contributed by atoms with E-state index < -0.39 is 114 Å². The van der Waals surface area contributed by atoms with Crippen LogP contribution in [0.2, 0.25) is 0 Å². The molecule has 8 amide bonds. The van der Waals surface area contributed by atoms with E-state index in [0.29, 0.717) is 29.7 Å². The molecule has 406 valence electrons. The van der Waals surface area contributed by atoms with Gasteiger partial charge in [-0.1, -0.05) is 62.4 Å². The second-order valence-electron chi connectivity index (χ2n) is 18.2. The number of benzene rings is 2. The zero-order valence-electron chi connectivity index (χ0n) is 41.9. The Bertz CT molecular complexity index is 2590. The van der Waals surface area contributed by atoms with Crippen molar-refractivity contribution in [2.24, 2.45) is 39.6 Å². The number of nitrogens with one attached hydrogen (secondary N) is 9. The van der Waals surface area contributed by atoms with Crippen molar-refractivity contribution in [2.75, 3.05) is 19.6 Å². The van der Waals surface area contributed by atoms with Gasteiger partial charge in [-0.3, -0.25) is 48.1 Å². The van der Waals surface area contributed by atoms with E-state index in [1.807, 2.05) is 6.07 Å². The monoisotopic (exact) mass is 1040 g/mol. The zero-order chi connectivity index (χ0) is 55.0. The number of hydrogen-bond donors (Lipinski definition) is 15. The Labute approximate surface area is 432 Å². The van der Waals surface area contributed by atoms with Crippen LogP contribution in [-0.2, 0) is 62.4 Å². The molecule has 0 aliphatic carbocycles. The van der Waals surface area contributed by atoms with E-state index in [9.17, 15) is 48.3 Å². The predicted molar refractivity (Wildman–Crippen MR) is 276 cm³/mol. The van der Waals surface area contributed by atoms with Gasteiger partial charge in [-0.25, -0.2) is 4.98 Å². The van der Waals surface area contributed by atoms with Crippen molar-refractivity contribution in [1.82, 2.24) is 52.2 Å².